The molecule has 1 aromatic carbocycles. The van der Waals surface area contributed by atoms with Gasteiger partial charge in [0, 0.05) is 28.1 Å². The predicted molar refractivity (Wildman–Crippen MR) is 73.6 cm³/mol. The molecule has 17 heavy (non-hydrogen) atoms. The Morgan fingerprint density at radius 2 is 1.88 bits per heavy atom. The van der Waals surface area contributed by atoms with E-state index in [1.54, 1.807) is 0 Å². The van der Waals surface area contributed by atoms with E-state index < -0.39 is 0 Å². The Kier molecular flexibility index (Phi) is 3.11. The topological polar surface area (TPSA) is 38.9 Å². The number of nitrogens with two attached hydrogens (primary N) is 1. The van der Waals surface area contributed by atoms with Crippen LogP contribution in [0.2, 0.25) is 5.02 Å². The standard InChI is InChI=1S/C14H17ClN2/c1-9-11(15)6-4-10-5-7-12(17-13(9)10)14(2,3)8-16/h4-7H,8,16H2,1-3H3. The number of nitrogens with zero attached hydrogens (tertiary/aromatic N) is 1. The van der Waals surface area contributed by atoms with Crippen LogP contribution < -0.4 is 5.73 Å². The normalized spacial score (nSPS) is 12.1. The molecule has 2 nitrogen and oxygen atoms in total. The van der Waals surface area contributed by atoms with Gasteiger partial charge in [-0.2, -0.15) is 0 Å². The van der Waals surface area contributed by atoms with Crippen LogP contribution in [0.4, 0.5) is 0 Å². The summed E-state index contributed by atoms with van der Waals surface area (Å²) in [5.74, 6) is 0. The molecule has 2 aromatic rings. The number of aryl methyl sites for hydroxylation is 1. The van der Waals surface area contributed by atoms with Gasteiger partial charge in [0.25, 0.3) is 0 Å². The van der Waals surface area contributed by atoms with Gasteiger partial charge in [-0.1, -0.05) is 37.6 Å². The van der Waals surface area contributed by atoms with E-state index in [0.29, 0.717) is 6.54 Å². The molecule has 0 spiro atoms. The molecule has 2 rings (SSSR count). The number of aromatic nitrogens is 1. The molecule has 0 fully saturated rings. The molecule has 0 radical (unpaired) electrons. The molecular formula is C14H17ClN2. The fourth-order valence-electron chi connectivity index (χ4n) is 1.79. The van der Waals surface area contributed by atoms with Crippen LogP contribution in [0.5, 0.6) is 0 Å². The van der Waals surface area contributed by atoms with Gasteiger partial charge >= 0.3 is 0 Å². The highest BCUT2D eigenvalue weighted by Gasteiger charge is 2.20. The van der Waals surface area contributed by atoms with Gasteiger partial charge in [-0.05, 0) is 24.6 Å². The first-order valence-corrected chi connectivity index (χ1v) is 6.10. The van der Waals surface area contributed by atoms with Crippen molar-refractivity contribution in [3.63, 3.8) is 0 Å². The molecule has 0 aliphatic rings. The summed E-state index contributed by atoms with van der Waals surface area (Å²) in [5.41, 5.74) is 8.68. The number of hydrogen-bond acceptors (Lipinski definition) is 2. The lowest BCUT2D eigenvalue weighted by atomic mass is 9.88. The fraction of sp³-hybridized carbons (Fsp3) is 0.357. The van der Waals surface area contributed by atoms with E-state index in [-0.39, 0.29) is 5.41 Å². The highest BCUT2D eigenvalue weighted by atomic mass is 35.5. The first-order valence-electron chi connectivity index (χ1n) is 5.72. The van der Waals surface area contributed by atoms with E-state index >= 15 is 0 Å². The number of halogens is 1. The lowest BCUT2D eigenvalue weighted by Gasteiger charge is -2.22. The second-order valence-corrected chi connectivity index (χ2v) is 5.44. The molecule has 1 aromatic heterocycles. The third-order valence-electron chi connectivity index (χ3n) is 3.25. The highest BCUT2D eigenvalue weighted by molar-refractivity contribution is 6.32. The largest absolute Gasteiger partial charge is 0.330 e. The summed E-state index contributed by atoms with van der Waals surface area (Å²) in [4.78, 5) is 4.71. The van der Waals surface area contributed by atoms with Crippen LogP contribution in [-0.2, 0) is 5.41 Å². The average Bonchev–Trinajstić information content (AvgIpc) is 2.33. The zero-order chi connectivity index (χ0) is 12.6. The SMILES string of the molecule is Cc1c(Cl)ccc2ccc(C(C)(C)CN)nc12. The van der Waals surface area contributed by atoms with Gasteiger partial charge in [0.1, 0.15) is 0 Å². The number of fused-ring (bicyclic) bond motifs is 1. The van der Waals surface area contributed by atoms with Crippen molar-refractivity contribution in [3.8, 4) is 0 Å². The van der Waals surface area contributed by atoms with Crippen LogP contribution in [0.25, 0.3) is 10.9 Å². The number of pyridine rings is 1. The molecule has 0 atom stereocenters. The second-order valence-electron chi connectivity index (χ2n) is 5.03. The summed E-state index contributed by atoms with van der Waals surface area (Å²) >= 11 is 6.12. The first-order chi connectivity index (χ1) is 7.95. The number of benzene rings is 1. The molecule has 0 aliphatic heterocycles. The minimum Gasteiger partial charge on any atom is -0.330 e. The third kappa shape index (κ3) is 2.15. The molecule has 0 saturated carbocycles. The van der Waals surface area contributed by atoms with E-state index in [1.807, 2.05) is 25.1 Å². The molecule has 1 heterocycles. The molecule has 3 heteroatoms. The van der Waals surface area contributed by atoms with Crippen LogP contribution in [0.3, 0.4) is 0 Å². The van der Waals surface area contributed by atoms with Gasteiger partial charge in [-0.15, -0.1) is 0 Å². The minimum absolute atomic E-state index is 0.108. The van der Waals surface area contributed by atoms with Crippen molar-refractivity contribution in [1.82, 2.24) is 4.98 Å². The van der Waals surface area contributed by atoms with E-state index in [4.69, 9.17) is 22.3 Å². The van der Waals surface area contributed by atoms with Gasteiger partial charge in [-0.25, -0.2) is 0 Å². The molecule has 0 saturated heterocycles. The Morgan fingerprint density at radius 3 is 2.53 bits per heavy atom. The predicted octanol–water partition coefficient (Wildman–Crippen LogP) is 3.43. The fourth-order valence-corrected chi connectivity index (χ4v) is 1.94. The van der Waals surface area contributed by atoms with E-state index in [0.717, 1.165) is 27.2 Å². The summed E-state index contributed by atoms with van der Waals surface area (Å²) in [6, 6.07) is 8.03. The average molecular weight is 249 g/mol. The van der Waals surface area contributed by atoms with Crippen LogP contribution in [0, 0.1) is 6.92 Å². The zero-order valence-corrected chi connectivity index (χ0v) is 11.2. The first kappa shape index (κ1) is 12.3. The molecule has 0 aliphatic carbocycles. The Bertz CT molecular complexity index is 561. The van der Waals surface area contributed by atoms with E-state index in [2.05, 4.69) is 19.9 Å². The van der Waals surface area contributed by atoms with Gasteiger partial charge in [-0.3, -0.25) is 4.98 Å². The van der Waals surface area contributed by atoms with Crippen LogP contribution in [0.1, 0.15) is 25.1 Å². The van der Waals surface area contributed by atoms with E-state index in [1.165, 1.54) is 0 Å². The van der Waals surface area contributed by atoms with E-state index in [9.17, 15) is 0 Å². The lowest BCUT2D eigenvalue weighted by molar-refractivity contribution is 0.523. The summed E-state index contributed by atoms with van der Waals surface area (Å²) < 4.78 is 0. The summed E-state index contributed by atoms with van der Waals surface area (Å²) in [6.07, 6.45) is 0. The summed E-state index contributed by atoms with van der Waals surface area (Å²) in [7, 11) is 0. The Morgan fingerprint density at radius 1 is 1.24 bits per heavy atom. The van der Waals surface area contributed by atoms with Gasteiger partial charge in [0.15, 0.2) is 0 Å². The number of rotatable bonds is 2. The van der Waals surface area contributed by atoms with Gasteiger partial charge < -0.3 is 5.73 Å². The van der Waals surface area contributed by atoms with Gasteiger partial charge in [0.2, 0.25) is 0 Å². The maximum absolute atomic E-state index is 6.12. The molecule has 0 bridgehead atoms. The Balaban J connectivity index is 2.68. The molecule has 0 amide bonds. The quantitative estimate of drug-likeness (QED) is 0.884. The molecule has 2 N–H and O–H groups in total. The van der Waals surface area contributed by atoms with Crippen LogP contribution >= 0.6 is 11.6 Å². The summed E-state index contributed by atoms with van der Waals surface area (Å²) in [5, 5.41) is 1.87. The van der Waals surface area contributed by atoms with Gasteiger partial charge in [0.05, 0.1) is 5.52 Å². The van der Waals surface area contributed by atoms with Crippen molar-refractivity contribution in [2.75, 3.05) is 6.54 Å². The molecule has 0 unspecified atom stereocenters. The van der Waals surface area contributed by atoms with Crippen molar-refractivity contribution < 1.29 is 0 Å². The minimum atomic E-state index is -0.108. The van der Waals surface area contributed by atoms with Crippen molar-refractivity contribution in [2.45, 2.75) is 26.2 Å². The Hall–Kier alpha value is -1.12. The zero-order valence-electron chi connectivity index (χ0n) is 10.4. The van der Waals surface area contributed by atoms with Crippen molar-refractivity contribution in [2.24, 2.45) is 5.73 Å². The Labute approximate surface area is 107 Å². The third-order valence-corrected chi connectivity index (χ3v) is 3.66. The van der Waals surface area contributed by atoms with Crippen molar-refractivity contribution >= 4 is 22.5 Å². The molecular weight excluding hydrogens is 232 g/mol. The van der Waals surface area contributed by atoms with Crippen molar-refractivity contribution in [3.05, 3.63) is 40.5 Å². The summed E-state index contributed by atoms with van der Waals surface area (Å²) in [6.45, 7) is 6.77. The van der Waals surface area contributed by atoms with Crippen LogP contribution in [0.15, 0.2) is 24.3 Å². The maximum Gasteiger partial charge on any atom is 0.0749 e. The van der Waals surface area contributed by atoms with Crippen LogP contribution in [-0.4, -0.2) is 11.5 Å². The molecule has 90 valence electrons. The smallest absolute Gasteiger partial charge is 0.0749 e. The number of hydrogen-bond donors (Lipinski definition) is 1. The van der Waals surface area contributed by atoms with Crippen molar-refractivity contribution in [1.29, 1.82) is 0 Å². The monoisotopic (exact) mass is 248 g/mol. The lowest BCUT2D eigenvalue weighted by Crippen LogP contribution is -2.29. The highest BCUT2D eigenvalue weighted by Crippen LogP contribution is 2.27. The maximum atomic E-state index is 6.12. The second kappa shape index (κ2) is 4.28.